The third-order valence-corrected chi connectivity index (χ3v) is 9.36. The molecule has 2 atom stereocenters. The molecule has 0 saturated carbocycles. The van der Waals surface area contributed by atoms with Gasteiger partial charge in [0.05, 0.1) is 34.4 Å². The molecular formula is C37H38F2N6O3S. The fourth-order valence-electron chi connectivity index (χ4n) is 5.80. The first-order valence-electron chi connectivity index (χ1n) is 16.1. The van der Waals surface area contributed by atoms with E-state index in [1.807, 2.05) is 24.4 Å². The van der Waals surface area contributed by atoms with Crippen LogP contribution in [0.4, 0.5) is 8.78 Å². The van der Waals surface area contributed by atoms with E-state index in [1.54, 1.807) is 36.4 Å². The van der Waals surface area contributed by atoms with E-state index >= 15 is 4.39 Å². The number of carbonyl (C=O) groups is 1. The summed E-state index contributed by atoms with van der Waals surface area (Å²) >= 11 is 1.34. The van der Waals surface area contributed by atoms with E-state index in [0.717, 1.165) is 55.7 Å². The summed E-state index contributed by atoms with van der Waals surface area (Å²) in [7, 11) is 0. The molecule has 5 rings (SSSR count). The largest absolute Gasteiger partial charge is 0.435 e. The Morgan fingerprint density at radius 1 is 1.06 bits per heavy atom. The molecule has 0 N–H and O–H groups in total. The number of ether oxygens (including phenoxy) is 2. The first kappa shape index (κ1) is 35.5. The maximum absolute atomic E-state index is 15.7. The monoisotopic (exact) mass is 684 g/mol. The highest BCUT2D eigenvalue weighted by molar-refractivity contribution is 7.10. The quantitative estimate of drug-likeness (QED) is 0.0769. The van der Waals surface area contributed by atoms with Crippen molar-refractivity contribution < 1.29 is 23.0 Å². The van der Waals surface area contributed by atoms with Crippen LogP contribution in [0.15, 0.2) is 84.8 Å². The lowest BCUT2D eigenvalue weighted by Crippen LogP contribution is -2.42. The second-order valence-corrected chi connectivity index (χ2v) is 12.6. The van der Waals surface area contributed by atoms with Gasteiger partial charge in [-0.3, -0.25) is 4.90 Å². The van der Waals surface area contributed by atoms with Gasteiger partial charge in [0.1, 0.15) is 29.9 Å². The number of thiazole rings is 1. The molecule has 49 heavy (non-hydrogen) atoms. The minimum absolute atomic E-state index is 0.0381. The molecule has 0 radical (unpaired) electrons. The fraction of sp³-hybridized carbons (Fsp3) is 0.324. The van der Waals surface area contributed by atoms with Crippen molar-refractivity contribution in [2.75, 3.05) is 19.9 Å². The van der Waals surface area contributed by atoms with Crippen LogP contribution in [0.2, 0.25) is 0 Å². The average Bonchev–Trinajstić information content (AvgIpc) is 3.81. The van der Waals surface area contributed by atoms with Crippen molar-refractivity contribution in [3.63, 3.8) is 0 Å². The smallest absolute Gasteiger partial charge is 0.340 e. The highest BCUT2D eigenvalue weighted by atomic mass is 32.1. The number of esters is 1. The molecule has 0 unspecified atom stereocenters. The number of carbonyl (C=O) groups excluding carboxylic acids is 1. The van der Waals surface area contributed by atoms with Crippen LogP contribution in [0.1, 0.15) is 71.6 Å². The Balaban J connectivity index is 1.42. The van der Waals surface area contributed by atoms with Crippen LogP contribution >= 0.6 is 11.3 Å². The summed E-state index contributed by atoms with van der Waals surface area (Å²) < 4.78 is 43.5. The van der Waals surface area contributed by atoms with Crippen molar-refractivity contribution in [2.24, 2.45) is 0 Å². The van der Waals surface area contributed by atoms with Gasteiger partial charge in [-0.2, -0.15) is 10.4 Å². The van der Waals surface area contributed by atoms with Crippen molar-refractivity contribution in [2.45, 2.75) is 58.2 Å². The van der Waals surface area contributed by atoms with Crippen molar-refractivity contribution >= 4 is 17.3 Å². The van der Waals surface area contributed by atoms with Gasteiger partial charge >= 0.3 is 5.97 Å². The Bertz CT molecular complexity index is 1850. The Hall–Kier alpha value is -4.83. The van der Waals surface area contributed by atoms with E-state index in [0.29, 0.717) is 21.8 Å². The molecule has 9 nitrogen and oxygen atoms in total. The Labute approximate surface area is 288 Å². The normalized spacial score (nSPS) is 13.2. The number of halogens is 2. The lowest BCUT2D eigenvalue weighted by molar-refractivity contribution is -0.148. The Kier molecular flexibility index (Phi) is 12.0. The summed E-state index contributed by atoms with van der Waals surface area (Å²) in [4.78, 5) is 24.4. The summed E-state index contributed by atoms with van der Waals surface area (Å²) in [5.41, 5.74) is 1.88. The standard InChI is InChI=1S/C37H38F2N6O3S/c1-4-16-44(17-5-2)20-28-8-12-30(13-9-28)36(46)47-25-48-37(22-45-24-41-23-42-45,32-15-14-31(38)18-33(32)39)26(3)35-43-34(21-49-35)29-10-6-27(19-40)7-11-29/h6-15,18,21,23-24,26H,4-5,16-17,20,22,25H2,1-3H3/t26-,37+/m0/s1. The number of benzene rings is 3. The minimum atomic E-state index is -1.57. The summed E-state index contributed by atoms with van der Waals surface area (Å²) in [6.45, 7) is 8.32. The van der Waals surface area contributed by atoms with Crippen molar-refractivity contribution in [3.8, 4) is 17.3 Å². The summed E-state index contributed by atoms with van der Waals surface area (Å²) in [5, 5.41) is 15.9. The molecule has 0 aliphatic rings. The van der Waals surface area contributed by atoms with E-state index in [-0.39, 0.29) is 12.1 Å². The van der Waals surface area contributed by atoms with Crippen LogP contribution in [0.25, 0.3) is 11.3 Å². The minimum Gasteiger partial charge on any atom is -0.435 e. The second-order valence-electron chi connectivity index (χ2n) is 11.8. The predicted molar refractivity (Wildman–Crippen MR) is 182 cm³/mol. The molecule has 0 amide bonds. The number of hydrogen-bond acceptors (Lipinski definition) is 9. The van der Waals surface area contributed by atoms with Crippen molar-refractivity contribution in [1.29, 1.82) is 5.26 Å². The van der Waals surface area contributed by atoms with Crippen LogP contribution in [-0.2, 0) is 28.2 Å². The third-order valence-electron chi connectivity index (χ3n) is 8.33. The van der Waals surface area contributed by atoms with Crippen LogP contribution < -0.4 is 0 Å². The van der Waals surface area contributed by atoms with E-state index < -0.39 is 35.9 Å². The third kappa shape index (κ3) is 8.61. The van der Waals surface area contributed by atoms with Crippen LogP contribution in [0, 0.1) is 23.0 Å². The second kappa shape index (κ2) is 16.5. The molecule has 2 heterocycles. The molecule has 0 spiro atoms. The highest BCUT2D eigenvalue weighted by Gasteiger charge is 2.45. The summed E-state index contributed by atoms with van der Waals surface area (Å²) in [5.74, 6) is -2.84. The van der Waals surface area contributed by atoms with Gasteiger partial charge in [-0.05, 0) is 61.8 Å². The SMILES string of the molecule is CCCN(CCC)Cc1ccc(C(=O)OCO[C@@](Cn2cncn2)(c2ccc(F)cc2F)[C@@H](C)c2nc(-c3ccc(C#N)cc3)cs2)cc1. The fourth-order valence-corrected chi connectivity index (χ4v) is 6.77. The van der Waals surface area contributed by atoms with Gasteiger partial charge in [0.15, 0.2) is 6.79 Å². The molecule has 0 aliphatic carbocycles. The van der Waals surface area contributed by atoms with Gasteiger partial charge in [-0.1, -0.05) is 51.1 Å². The zero-order valence-electron chi connectivity index (χ0n) is 27.7. The molecule has 0 fully saturated rings. The Morgan fingerprint density at radius 3 is 2.43 bits per heavy atom. The summed E-state index contributed by atoms with van der Waals surface area (Å²) in [6.07, 6.45) is 4.93. The van der Waals surface area contributed by atoms with Crippen LogP contribution in [-0.4, -0.2) is 50.5 Å². The molecule has 0 aliphatic heterocycles. The van der Waals surface area contributed by atoms with Crippen molar-refractivity contribution in [3.05, 3.63) is 124 Å². The van der Waals surface area contributed by atoms with Gasteiger partial charge in [0.2, 0.25) is 0 Å². The molecule has 254 valence electrons. The van der Waals surface area contributed by atoms with Gasteiger partial charge < -0.3 is 9.47 Å². The lowest BCUT2D eigenvalue weighted by atomic mass is 9.81. The first-order valence-corrected chi connectivity index (χ1v) is 17.0. The van der Waals surface area contributed by atoms with E-state index in [2.05, 4.69) is 34.9 Å². The molecular weight excluding hydrogens is 647 g/mol. The zero-order valence-corrected chi connectivity index (χ0v) is 28.5. The van der Waals surface area contributed by atoms with Gasteiger partial charge in [0, 0.05) is 35.0 Å². The maximum Gasteiger partial charge on any atom is 0.340 e. The lowest BCUT2D eigenvalue weighted by Gasteiger charge is -2.38. The van der Waals surface area contributed by atoms with Gasteiger partial charge in [-0.25, -0.2) is 28.2 Å². The van der Waals surface area contributed by atoms with E-state index in [4.69, 9.17) is 14.5 Å². The molecule has 12 heteroatoms. The van der Waals surface area contributed by atoms with E-state index in [1.165, 1.54) is 34.7 Å². The van der Waals surface area contributed by atoms with Gasteiger partial charge in [0.25, 0.3) is 0 Å². The molecule has 0 bridgehead atoms. The number of rotatable bonds is 16. The number of nitrogens with zero attached hydrogens (tertiary/aromatic N) is 6. The first-order chi connectivity index (χ1) is 23.8. The maximum atomic E-state index is 15.7. The Morgan fingerprint density at radius 2 is 1.80 bits per heavy atom. The number of hydrogen-bond donors (Lipinski definition) is 0. The van der Waals surface area contributed by atoms with Gasteiger partial charge in [-0.15, -0.1) is 11.3 Å². The number of nitriles is 1. The molecule has 3 aromatic carbocycles. The van der Waals surface area contributed by atoms with E-state index in [9.17, 15) is 14.4 Å². The highest BCUT2D eigenvalue weighted by Crippen LogP contribution is 2.44. The predicted octanol–water partition coefficient (Wildman–Crippen LogP) is 7.70. The van der Waals surface area contributed by atoms with Crippen molar-refractivity contribution in [1.82, 2.24) is 24.6 Å². The average molecular weight is 685 g/mol. The van der Waals surface area contributed by atoms with Crippen LogP contribution in [0.5, 0.6) is 0 Å². The summed E-state index contributed by atoms with van der Waals surface area (Å²) in [6, 6.07) is 19.7. The zero-order chi connectivity index (χ0) is 34.8. The van der Waals surface area contributed by atoms with Crippen LogP contribution in [0.3, 0.4) is 0 Å². The molecule has 5 aromatic rings. The molecule has 2 aromatic heterocycles. The molecule has 0 saturated heterocycles. The number of aromatic nitrogens is 4. The topological polar surface area (TPSA) is 106 Å².